The average Bonchev–Trinajstić information content (AvgIpc) is 3.44. The molecule has 1 aromatic heterocycles. The molecule has 0 saturated carbocycles. The Bertz CT molecular complexity index is 1170. The van der Waals surface area contributed by atoms with Crippen molar-refractivity contribution < 1.29 is 14.2 Å². The van der Waals surface area contributed by atoms with Gasteiger partial charge in [0.1, 0.15) is 5.03 Å². The maximum absolute atomic E-state index is 5.93. The van der Waals surface area contributed by atoms with E-state index in [1.807, 2.05) is 12.1 Å². The number of aromatic nitrogens is 1. The van der Waals surface area contributed by atoms with Gasteiger partial charge in [-0.05, 0) is 55.8 Å². The molecule has 1 atom stereocenters. The van der Waals surface area contributed by atoms with E-state index in [1.165, 1.54) is 11.1 Å². The minimum Gasteiger partial charge on any atom is -0.454 e. The van der Waals surface area contributed by atoms with Gasteiger partial charge in [-0.3, -0.25) is 0 Å². The number of benzene rings is 2. The normalized spacial score (nSPS) is 21.1. The molecule has 0 radical (unpaired) electrons. The first-order chi connectivity index (χ1) is 15.2. The fraction of sp³-hybridized carbons (Fsp3) is 0.333. The van der Waals surface area contributed by atoms with Gasteiger partial charge in [0, 0.05) is 36.7 Å². The van der Waals surface area contributed by atoms with E-state index >= 15 is 0 Å². The van der Waals surface area contributed by atoms with Gasteiger partial charge in [0.15, 0.2) is 16.7 Å². The standard InChI is InChI=1S/C24H23N3O3S/c1-15-4-6-18(7-5-15)25-24-27(13-19-3-2-8-28-19)12-17-9-16-10-21-22(30-14-29-21)11-20(16)26-23(17)31-24/h4-7,9-11,19H,2-3,8,12-14H2,1H3. The Labute approximate surface area is 185 Å². The van der Waals surface area contributed by atoms with Gasteiger partial charge in [0.2, 0.25) is 6.79 Å². The molecule has 0 N–H and O–H groups in total. The molecule has 4 heterocycles. The number of hydrogen-bond donors (Lipinski definition) is 0. The van der Waals surface area contributed by atoms with Crippen LogP contribution in [0.15, 0.2) is 52.5 Å². The maximum atomic E-state index is 5.93. The topological polar surface area (TPSA) is 56.2 Å². The number of amidine groups is 1. The second-order valence-electron chi connectivity index (χ2n) is 8.20. The summed E-state index contributed by atoms with van der Waals surface area (Å²) < 4.78 is 17.0. The molecule has 1 fully saturated rings. The molecule has 3 aliphatic heterocycles. The van der Waals surface area contributed by atoms with E-state index in [0.29, 0.717) is 0 Å². The molecule has 1 unspecified atom stereocenters. The smallest absolute Gasteiger partial charge is 0.231 e. The third-order valence-corrected chi connectivity index (χ3v) is 6.95. The van der Waals surface area contributed by atoms with Crippen molar-refractivity contribution in [3.8, 4) is 11.5 Å². The lowest BCUT2D eigenvalue weighted by atomic mass is 10.1. The number of aryl methyl sites for hydroxylation is 1. The summed E-state index contributed by atoms with van der Waals surface area (Å²) in [5, 5.41) is 3.04. The molecule has 3 aliphatic rings. The third-order valence-electron chi connectivity index (χ3n) is 5.87. The zero-order chi connectivity index (χ0) is 20.8. The van der Waals surface area contributed by atoms with Gasteiger partial charge in [-0.2, -0.15) is 0 Å². The van der Waals surface area contributed by atoms with Crippen LogP contribution < -0.4 is 9.47 Å². The van der Waals surface area contributed by atoms with Gasteiger partial charge in [0.25, 0.3) is 0 Å². The Morgan fingerprint density at radius 2 is 1.97 bits per heavy atom. The van der Waals surface area contributed by atoms with E-state index in [-0.39, 0.29) is 12.9 Å². The number of hydrogen-bond acceptors (Lipinski definition) is 6. The zero-order valence-electron chi connectivity index (χ0n) is 17.3. The molecule has 0 aliphatic carbocycles. The largest absolute Gasteiger partial charge is 0.454 e. The number of aliphatic imine (C=N–C) groups is 1. The van der Waals surface area contributed by atoms with Crippen molar-refractivity contribution in [2.24, 2.45) is 4.99 Å². The summed E-state index contributed by atoms with van der Waals surface area (Å²) in [4.78, 5) is 12.3. The summed E-state index contributed by atoms with van der Waals surface area (Å²) in [6.45, 7) is 4.82. The van der Waals surface area contributed by atoms with Crippen LogP contribution in [0.25, 0.3) is 10.9 Å². The lowest BCUT2D eigenvalue weighted by molar-refractivity contribution is 0.0903. The molecule has 3 aromatic rings. The van der Waals surface area contributed by atoms with E-state index < -0.39 is 0 Å². The highest BCUT2D eigenvalue weighted by Gasteiger charge is 2.28. The lowest BCUT2D eigenvalue weighted by Crippen LogP contribution is -2.37. The zero-order valence-corrected chi connectivity index (χ0v) is 18.2. The van der Waals surface area contributed by atoms with Crippen molar-refractivity contribution in [3.63, 3.8) is 0 Å². The van der Waals surface area contributed by atoms with Crippen LogP contribution in [-0.2, 0) is 11.3 Å². The highest BCUT2D eigenvalue weighted by Crippen LogP contribution is 2.39. The number of thioether (sulfide) groups is 1. The lowest BCUT2D eigenvalue weighted by Gasteiger charge is -2.32. The summed E-state index contributed by atoms with van der Waals surface area (Å²) in [5.41, 5.74) is 4.31. The van der Waals surface area contributed by atoms with E-state index in [4.69, 9.17) is 24.2 Å². The molecule has 1 saturated heterocycles. The second-order valence-corrected chi connectivity index (χ2v) is 9.15. The molecule has 0 bridgehead atoms. The number of rotatable bonds is 3. The fourth-order valence-corrected chi connectivity index (χ4v) is 5.21. The van der Waals surface area contributed by atoms with E-state index in [9.17, 15) is 0 Å². The van der Waals surface area contributed by atoms with Gasteiger partial charge < -0.3 is 19.1 Å². The minimum absolute atomic E-state index is 0.257. The van der Waals surface area contributed by atoms with Crippen molar-refractivity contribution in [1.29, 1.82) is 0 Å². The Morgan fingerprint density at radius 1 is 1.13 bits per heavy atom. The Kier molecular flexibility index (Phi) is 4.73. The van der Waals surface area contributed by atoms with Crippen molar-refractivity contribution in [3.05, 3.63) is 53.6 Å². The van der Waals surface area contributed by atoms with E-state index in [0.717, 1.165) is 70.8 Å². The van der Waals surface area contributed by atoms with Crippen molar-refractivity contribution >= 4 is 33.5 Å². The molecule has 158 valence electrons. The fourth-order valence-electron chi connectivity index (χ4n) is 4.22. The first-order valence-electron chi connectivity index (χ1n) is 10.6. The first-order valence-corrected chi connectivity index (χ1v) is 11.5. The highest BCUT2D eigenvalue weighted by molar-refractivity contribution is 8.13. The quantitative estimate of drug-likeness (QED) is 0.576. The van der Waals surface area contributed by atoms with E-state index in [2.05, 4.69) is 42.2 Å². The average molecular weight is 434 g/mol. The molecular weight excluding hydrogens is 410 g/mol. The van der Waals surface area contributed by atoms with Crippen molar-refractivity contribution in [1.82, 2.24) is 9.88 Å². The van der Waals surface area contributed by atoms with Crippen LogP contribution in [0.5, 0.6) is 11.5 Å². The van der Waals surface area contributed by atoms with Crippen molar-refractivity contribution in [2.45, 2.75) is 37.4 Å². The summed E-state index contributed by atoms with van der Waals surface area (Å²) in [5.74, 6) is 1.55. The molecule has 7 heteroatoms. The Balaban J connectivity index is 1.39. The third kappa shape index (κ3) is 3.72. The van der Waals surface area contributed by atoms with Crippen molar-refractivity contribution in [2.75, 3.05) is 19.9 Å². The number of ether oxygens (including phenoxy) is 3. The summed E-state index contributed by atoms with van der Waals surface area (Å²) in [6.07, 6.45) is 2.49. The summed E-state index contributed by atoms with van der Waals surface area (Å²) in [7, 11) is 0. The highest BCUT2D eigenvalue weighted by atomic mass is 32.2. The van der Waals surface area contributed by atoms with Crippen LogP contribution in [0, 0.1) is 6.92 Å². The second kappa shape index (κ2) is 7.73. The summed E-state index contributed by atoms with van der Waals surface area (Å²) >= 11 is 1.63. The van der Waals surface area contributed by atoms with Crippen LogP contribution in [0.1, 0.15) is 24.0 Å². The van der Waals surface area contributed by atoms with Crippen LogP contribution in [0.4, 0.5) is 5.69 Å². The van der Waals surface area contributed by atoms with Gasteiger partial charge in [0.05, 0.1) is 17.3 Å². The number of nitrogens with zero attached hydrogens (tertiary/aromatic N) is 3. The van der Waals surface area contributed by atoms with E-state index in [1.54, 1.807) is 11.8 Å². The molecular formula is C24H23N3O3S. The molecule has 31 heavy (non-hydrogen) atoms. The predicted octanol–water partition coefficient (Wildman–Crippen LogP) is 5.05. The monoisotopic (exact) mass is 433 g/mol. The number of pyridine rings is 1. The van der Waals surface area contributed by atoms with Crippen LogP contribution in [0.3, 0.4) is 0 Å². The Morgan fingerprint density at radius 3 is 2.77 bits per heavy atom. The molecule has 2 aromatic carbocycles. The van der Waals surface area contributed by atoms with Gasteiger partial charge >= 0.3 is 0 Å². The minimum atomic E-state index is 0.257. The first kappa shape index (κ1) is 19.0. The van der Waals surface area contributed by atoms with Gasteiger partial charge in [-0.1, -0.05) is 17.7 Å². The van der Waals surface area contributed by atoms with Gasteiger partial charge in [-0.25, -0.2) is 9.98 Å². The summed E-state index contributed by atoms with van der Waals surface area (Å²) in [6, 6.07) is 14.5. The molecule has 0 amide bonds. The van der Waals surface area contributed by atoms with Crippen LogP contribution >= 0.6 is 11.8 Å². The van der Waals surface area contributed by atoms with Crippen LogP contribution in [-0.4, -0.2) is 41.1 Å². The molecule has 6 nitrogen and oxygen atoms in total. The maximum Gasteiger partial charge on any atom is 0.231 e. The molecule has 0 spiro atoms. The predicted molar refractivity (Wildman–Crippen MR) is 121 cm³/mol. The van der Waals surface area contributed by atoms with Crippen LogP contribution in [0.2, 0.25) is 0 Å². The SMILES string of the molecule is Cc1ccc(N=C2Sc3nc4cc5c(cc4cc3CN2CC2CCCO2)OCO5)cc1. The van der Waals surface area contributed by atoms with Gasteiger partial charge in [-0.15, -0.1) is 0 Å². The molecule has 6 rings (SSSR count). The number of fused-ring (bicyclic) bond motifs is 3. The Hall–Kier alpha value is -2.77.